The van der Waals surface area contributed by atoms with E-state index in [0.717, 1.165) is 38.7 Å². The smallest absolute Gasteiger partial charge is 0.128 e. The molecule has 4 rings (SSSR count). The van der Waals surface area contributed by atoms with E-state index in [1.807, 2.05) is 54.6 Å². The van der Waals surface area contributed by atoms with Gasteiger partial charge in [-0.2, -0.15) is 0 Å². The quantitative estimate of drug-likeness (QED) is 0.441. The van der Waals surface area contributed by atoms with E-state index >= 15 is 0 Å². The standard InChI is InChI=1S/C20H14ClNO/c1-23-18-9-5-8-17-20(18)19(13-6-3-2-4-7-13)15-12-14(21)10-11-16(15)22-17/h2-12H,1H3. The molecule has 0 saturated carbocycles. The zero-order chi connectivity index (χ0) is 15.8. The van der Waals surface area contributed by atoms with Gasteiger partial charge in [0.15, 0.2) is 0 Å². The fraction of sp³-hybridized carbons (Fsp3) is 0.0500. The highest BCUT2D eigenvalue weighted by Gasteiger charge is 2.15. The molecule has 0 spiro atoms. The molecule has 0 bridgehead atoms. The Morgan fingerprint density at radius 1 is 0.870 bits per heavy atom. The van der Waals surface area contributed by atoms with Crippen LogP contribution in [0.4, 0.5) is 0 Å². The Morgan fingerprint density at radius 2 is 1.70 bits per heavy atom. The summed E-state index contributed by atoms with van der Waals surface area (Å²) in [5.74, 6) is 0.815. The molecule has 4 aromatic rings. The van der Waals surface area contributed by atoms with Crippen LogP contribution in [0.15, 0.2) is 66.7 Å². The highest BCUT2D eigenvalue weighted by Crippen LogP contribution is 2.39. The normalized spacial score (nSPS) is 11.0. The number of hydrogen-bond donors (Lipinski definition) is 0. The first-order chi connectivity index (χ1) is 11.3. The third-order valence-corrected chi connectivity index (χ3v) is 4.24. The maximum atomic E-state index is 6.24. The van der Waals surface area contributed by atoms with Crippen molar-refractivity contribution in [3.8, 4) is 16.9 Å². The molecule has 0 unspecified atom stereocenters. The lowest BCUT2D eigenvalue weighted by Gasteiger charge is -2.14. The topological polar surface area (TPSA) is 22.1 Å². The molecule has 0 radical (unpaired) electrons. The first kappa shape index (κ1) is 14.0. The lowest BCUT2D eigenvalue weighted by Crippen LogP contribution is -1.92. The van der Waals surface area contributed by atoms with Crippen LogP contribution in [0.25, 0.3) is 32.9 Å². The second-order valence-corrected chi connectivity index (χ2v) is 5.81. The van der Waals surface area contributed by atoms with Crippen molar-refractivity contribution in [1.82, 2.24) is 4.98 Å². The number of fused-ring (bicyclic) bond motifs is 2. The molecule has 0 aliphatic rings. The van der Waals surface area contributed by atoms with Gasteiger partial charge in [-0.25, -0.2) is 4.98 Å². The average molecular weight is 320 g/mol. The summed E-state index contributed by atoms with van der Waals surface area (Å²) in [4.78, 5) is 4.77. The minimum absolute atomic E-state index is 0.700. The first-order valence-electron chi connectivity index (χ1n) is 7.39. The Kier molecular flexibility index (Phi) is 3.40. The van der Waals surface area contributed by atoms with Crippen LogP contribution in [0.2, 0.25) is 5.02 Å². The second kappa shape index (κ2) is 5.56. The van der Waals surface area contributed by atoms with Crippen molar-refractivity contribution in [2.75, 3.05) is 7.11 Å². The Hall–Kier alpha value is -2.58. The van der Waals surface area contributed by atoms with Crippen LogP contribution in [-0.4, -0.2) is 12.1 Å². The molecule has 3 aromatic carbocycles. The lowest BCUT2D eigenvalue weighted by molar-refractivity contribution is 0.420. The van der Waals surface area contributed by atoms with Gasteiger partial charge in [0, 0.05) is 16.0 Å². The van der Waals surface area contributed by atoms with Crippen LogP contribution < -0.4 is 4.74 Å². The van der Waals surface area contributed by atoms with E-state index in [1.54, 1.807) is 7.11 Å². The number of aromatic nitrogens is 1. The molecular formula is C20H14ClNO. The zero-order valence-corrected chi connectivity index (χ0v) is 13.3. The number of rotatable bonds is 2. The number of benzene rings is 3. The molecule has 2 nitrogen and oxygen atoms in total. The van der Waals surface area contributed by atoms with Gasteiger partial charge in [0.25, 0.3) is 0 Å². The molecule has 0 saturated heterocycles. The van der Waals surface area contributed by atoms with Crippen LogP contribution >= 0.6 is 11.6 Å². The summed E-state index contributed by atoms with van der Waals surface area (Å²) >= 11 is 6.24. The largest absolute Gasteiger partial charge is 0.496 e. The van der Waals surface area contributed by atoms with Gasteiger partial charge in [0.2, 0.25) is 0 Å². The van der Waals surface area contributed by atoms with E-state index in [4.69, 9.17) is 21.3 Å². The van der Waals surface area contributed by atoms with Crippen LogP contribution in [0.5, 0.6) is 5.75 Å². The summed E-state index contributed by atoms with van der Waals surface area (Å²) < 4.78 is 5.60. The summed E-state index contributed by atoms with van der Waals surface area (Å²) in [6, 6.07) is 22.0. The summed E-state index contributed by atoms with van der Waals surface area (Å²) in [5.41, 5.74) is 4.06. The molecule has 3 heteroatoms. The monoisotopic (exact) mass is 319 g/mol. The first-order valence-corrected chi connectivity index (χ1v) is 7.77. The average Bonchev–Trinajstić information content (AvgIpc) is 2.60. The van der Waals surface area contributed by atoms with E-state index < -0.39 is 0 Å². The van der Waals surface area contributed by atoms with Crippen molar-refractivity contribution >= 4 is 33.4 Å². The summed E-state index contributed by atoms with van der Waals surface area (Å²) in [6.07, 6.45) is 0. The predicted octanol–water partition coefficient (Wildman–Crippen LogP) is 5.72. The number of methoxy groups -OCH3 is 1. The van der Waals surface area contributed by atoms with Gasteiger partial charge in [-0.15, -0.1) is 0 Å². The van der Waals surface area contributed by atoms with Crippen LogP contribution in [0.1, 0.15) is 0 Å². The molecule has 0 amide bonds. The third kappa shape index (κ3) is 2.32. The van der Waals surface area contributed by atoms with Crippen molar-refractivity contribution < 1.29 is 4.74 Å². The van der Waals surface area contributed by atoms with Crippen molar-refractivity contribution in [2.45, 2.75) is 0 Å². The molecule has 0 atom stereocenters. The summed E-state index contributed by atoms with van der Waals surface area (Å²) in [5, 5.41) is 2.74. The van der Waals surface area contributed by atoms with Crippen LogP contribution in [-0.2, 0) is 0 Å². The third-order valence-electron chi connectivity index (χ3n) is 4.01. The van der Waals surface area contributed by atoms with Gasteiger partial charge < -0.3 is 4.74 Å². The fourth-order valence-electron chi connectivity index (χ4n) is 3.01. The van der Waals surface area contributed by atoms with Gasteiger partial charge in [-0.1, -0.05) is 48.0 Å². The molecule has 0 aliphatic carbocycles. The molecule has 23 heavy (non-hydrogen) atoms. The van der Waals surface area contributed by atoms with Gasteiger partial charge in [-0.3, -0.25) is 0 Å². The number of hydrogen-bond acceptors (Lipinski definition) is 2. The van der Waals surface area contributed by atoms with Crippen molar-refractivity contribution in [3.05, 3.63) is 71.8 Å². The van der Waals surface area contributed by atoms with E-state index in [1.165, 1.54) is 0 Å². The van der Waals surface area contributed by atoms with E-state index in [9.17, 15) is 0 Å². The number of ether oxygens (including phenoxy) is 1. The Morgan fingerprint density at radius 3 is 2.48 bits per heavy atom. The Bertz CT molecular complexity index is 1010. The Balaban J connectivity index is 2.26. The van der Waals surface area contributed by atoms with Crippen molar-refractivity contribution in [1.29, 1.82) is 0 Å². The second-order valence-electron chi connectivity index (χ2n) is 5.37. The van der Waals surface area contributed by atoms with E-state index in [-0.39, 0.29) is 0 Å². The minimum Gasteiger partial charge on any atom is -0.496 e. The van der Waals surface area contributed by atoms with E-state index in [2.05, 4.69) is 12.1 Å². The molecular weight excluding hydrogens is 306 g/mol. The predicted molar refractivity (Wildman–Crippen MR) is 96.2 cm³/mol. The minimum atomic E-state index is 0.700. The molecule has 0 N–H and O–H groups in total. The molecule has 1 heterocycles. The highest BCUT2D eigenvalue weighted by atomic mass is 35.5. The number of nitrogens with zero attached hydrogens (tertiary/aromatic N) is 1. The highest BCUT2D eigenvalue weighted by molar-refractivity contribution is 6.31. The maximum Gasteiger partial charge on any atom is 0.128 e. The van der Waals surface area contributed by atoms with Gasteiger partial charge in [0.1, 0.15) is 5.75 Å². The molecule has 1 aromatic heterocycles. The SMILES string of the molecule is COc1cccc2nc3ccc(Cl)cc3c(-c3ccccc3)c12. The van der Waals surface area contributed by atoms with Gasteiger partial charge >= 0.3 is 0 Å². The van der Waals surface area contributed by atoms with Gasteiger partial charge in [-0.05, 0) is 35.9 Å². The summed E-state index contributed by atoms with van der Waals surface area (Å²) in [6.45, 7) is 0. The molecule has 112 valence electrons. The van der Waals surface area contributed by atoms with Crippen molar-refractivity contribution in [3.63, 3.8) is 0 Å². The van der Waals surface area contributed by atoms with Gasteiger partial charge in [0.05, 0.1) is 23.5 Å². The van der Waals surface area contributed by atoms with Crippen LogP contribution in [0, 0.1) is 0 Å². The lowest BCUT2D eigenvalue weighted by atomic mass is 9.95. The fourth-order valence-corrected chi connectivity index (χ4v) is 3.18. The number of pyridine rings is 1. The zero-order valence-electron chi connectivity index (χ0n) is 12.6. The molecule has 0 aliphatic heterocycles. The Labute approximate surface area is 139 Å². The maximum absolute atomic E-state index is 6.24. The molecule has 0 fully saturated rings. The van der Waals surface area contributed by atoms with Crippen LogP contribution in [0.3, 0.4) is 0 Å². The van der Waals surface area contributed by atoms with E-state index in [0.29, 0.717) is 5.02 Å². The van der Waals surface area contributed by atoms with Crippen molar-refractivity contribution in [2.24, 2.45) is 0 Å². The number of halogens is 1. The summed E-state index contributed by atoms with van der Waals surface area (Å²) in [7, 11) is 1.69.